The summed E-state index contributed by atoms with van der Waals surface area (Å²) < 4.78 is 5.76. The molecule has 0 amide bonds. The number of ether oxygens (including phenoxy) is 1. The Hall–Kier alpha value is -1.58. The molecule has 1 heterocycles. The maximum Gasteiger partial charge on any atom is 0.335 e. The van der Waals surface area contributed by atoms with Crippen LogP contribution in [-0.4, -0.2) is 21.7 Å². The van der Waals surface area contributed by atoms with Gasteiger partial charge in [-0.2, -0.15) is 0 Å². The van der Waals surface area contributed by atoms with Crippen molar-refractivity contribution in [1.82, 2.24) is 4.98 Å². The van der Waals surface area contributed by atoms with Crippen LogP contribution in [0.15, 0.2) is 12.1 Å². The maximum atomic E-state index is 11.1. The van der Waals surface area contributed by atoms with Crippen LogP contribution in [0.4, 0.5) is 0 Å². The molecule has 0 aromatic carbocycles. The van der Waals surface area contributed by atoms with Gasteiger partial charge in [-0.05, 0) is 32.3 Å². The first-order valence-corrected chi connectivity index (χ1v) is 6.19. The Morgan fingerprint density at radius 2 is 2.06 bits per heavy atom. The van der Waals surface area contributed by atoms with Crippen LogP contribution >= 0.6 is 0 Å². The quantitative estimate of drug-likeness (QED) is 0.870. The smallest absolute Gasteiger partial charge is 0.335 e. The summed E-state index contributed by atoms with van der Waals surface area (Å²) in [7, 11) is 0. The number of carboxylic acids is 1. The van der Waals surface area contributed by atoms with Crippen LogP contribution in [0.1, 0.15) is 63.0 Å². The van der Waals surface area contributed by atoms with Gasteiger partial charge in [0.15, 0.2) is 0 Å². The van der Waals surface area contributed by atoms with Crippen molar-refractivity contribution < 1.29 is 14.6 Å². The normalized spacial score (nSPS) is 11.7. The molecule has 1 aromatic rings. The van der Waals surface area contributed by atoms with Crippen molar-refractivity contribution in [3.05, 3.63) is 23.4 Å². The van der Waals surface area contributed by atoms with Crippen LogP contribution in [0.5, 0.6) is 5.88 Å². The number of pyridine rings is 1. The number of hydrogen-bond acceptors (Lipinski definition) is 3. The summed E-state index contributed by atoms with van der Waals surface area (Å²) in [5.41, 5.74) is 0.602. The fourth-order valence-corrected chi connectivity index (χ4v) is 1.35. The second kappa shape index (κ2) is 5.38. The van der Waals surface area contributed by atoms with Crippen molar-refractivity contribution in [1.29, 1.82) is 0 Å². The van der Waals surface area contributed by atoms with Crippen molar-refractivity contribution in [2.24, 2.45) is 0 Å². The zero-order chi connectivity index (χ0) is 13.9. The summed E-state index contributed by atoms with van der Waals surface area (Å²) in [6, 6.07) is 3.07. The minimum absolute atomic E-state index is 0.163. The van der Waals surface area contributed by atoms with E-state index in [4.69, 9.17) is 9.84 Å². The molecule has 0 saturated carbocycles. The number of rotatable bonds is 5. The van der Waals surface area contributed by atoms with E-state index < -0.39 is 5.97 Å². The predicted molar refractivity (Wildman–Crippen MR) is 70.3 cm³/mol. The fourth-order valence-electron chi connectivity index (χ4n) is 1.35. The number of carboxylic acid groups (broad SMARTS) is 1. The molecule has 1 N–H and O–H groups in total. The van der Waals surface area contributed by atoms with Gasteiger partial charge in [-0.15, -0.1) is 0 Å². The number of nitrogens with zero attached hydrogens (tertiary/aromatic N) is 1. The van der Waals surface area contributed by atoms with Gasteiger partial charge in [0.25, 0.3) is 0 Å². The standard InChI is InChI=1S/C14H21NO3/c1-6-14(4,5)18-12-8-10(13(16)17)7-11(15-12)9(2)3/h7-9H,6H2,1-5H3,(H,16,17). The third kappa shape index (κ3) is 3.72. The van der Waals surface area contributed by atoms with E-state index in [-0.39, 0.29) is 17.1 Å². The van der Waals surface area contributed by atoms with E-state index in [2.05, 4.69) is 4.98 Å². The summed E-state index contributed by atoms with van der Waals surface area (Å²) in [4.78, 5) is 15.4. The van der Waals surface area contributed by atoms with Gasteiger partial charge in [0, 0.05) is 11.8 Å². The van der Waals surface area contributed by atoms with Gasteiger partial charge in [-0.25, -0.2) is 9.78 Å². The van der Waals surface area contributed by atoms with Crippen LogP contribution in [0.2, 0.25) is 0 Å². The lowest BCUT2D eigenvalue weighted by Gasteiger charge is -2.24. The monoisotopic (exact) mass is 251 g/mol. The fraction of sp³-hybridized carbons (Fsp3) is 0.571. The largest absolute Gasteiger partial charge is 0.478 e. The summed E-state index contributed by atoms with van der Waals surface area (Å²) in [5.74, 6) is -0.416. The average Bonchev–Trinajstić information content (AvgIpc) is 2.27. The molecule has 0 fully saturated rings. The molecule has 1 rings (SSSR count). The molecule has 18 heavy (non-hydrogen) atoms. The predicted octanol–water partition coefficient (Wildman–Crippen LogP) is 3.47. The Morgan fingerprint density at radius 1 is 1.44 bits per heavy atom. The van der Waals surface area contributed by atoms with E-state index in [1.807, 2.05) is 34.6 Å². The van der Waals surface area contributed by atoms with Crippen molar-refractivity contribution in [2.45, 2.75) is 52.6 Å². The van der Waals surface area contributed by atoms with Crippen LogP contribution in [0, 0.1) is 0 Å². The highest BCUT2D eigenvalue weighted by atomic mass is 16.5. The van der Waals surface area contributed by atoms with Crippen molar-refractivity contribution in [2.75, 3.05) is 0 Å². The van der Waals surface area contributed by atoms with Gasteiger partial charge in [-0.1, -0.05) is 20.8 Å². The van der Waals surface area contributed by atoms with Gasteiger partial charge in [0.2, 0.25) is 5.88 Å². The molecule has 0 aliphatic rings. The van der Waals surface area contributed by atoms with Crippen molar-refractivity contribution in [3.8, 4) is 5.88 Å². The molecule has 0 aliphatic heterocycles. The van der Waals surface area contributed by atoms with E-state index in [1.165, 1.54) is 6.07 Å². The lowest BCUT2D eigenvalue weighted by Crippen LogP contribution is -2.27. The van der Waals surface area contributed by atoms with Crippen LogP contribution in [0.25, 0.3) is 0 Å². The van der Waals surface area contributed by atoms with Gasteiger partial charge < -0.3 is 9.84 Å². The maximum absolute atomic E-state index is 11.1. The van der Waals surface area contributed by atoms with Crippen LogP contribution in [-0.2, 0) is 0 Å². The van der Waals surface area contributed by atoms with E-state index in [9.17, 15) is 4.79 Å². The molecule has 0 unspecified atom stereocenters. The Morgan fingerprint density at radius 3 is 2.50 bits per heavy atom. The van der Waals surface area contributed by atoms with E-state index >= 15 is 0 Å². The molecular weight excluding hydrogens is 230 g/mol. The van der Waals surface area contributed by atoms with E-state index in [0.29, 0.717) is 5.88 Å². The zero-order valence-corrected chi connectivity index (χ0v) is 11.7. The van der Waals surface area contributed by atoms with Crippen molar-refractivity contribution in [3.63, 3.8) is 0 Å². The Balaban J connectivity index is 3.15. The molecule has 0 aliphatic carbocycles. The highest BCUT2D eigenvalue weighted by Crippen LogP contribution is 2.23. The molecule has 1 aromatic heterocycles. The van der Waals surface area contributed by atoms with Gasteiger partial charge >= 0.3 is 5.97 Å². The SMILES string of the molecule is CCC(C)(C)Oc1cc(C(=O)O)cc(C(C)C)n1. The first kappa shape index (κ1) is 14.5. The van der Waals surface area contributed by atoms with Crippen LogP contribution in [0.3, 0.4) is 0 Å². The summed E-state index contributed by atoms with van der Waals surface area (Å²) in [6.07, 6.45) is 0.822. The average molecular weight is 251 g/mol. The second-order valence-corrected chi connectivity index (χ2v) is 5.29. The summed E-state index contributed by atoms with van der Waals surface area (Å²) >= 11 is 0. The molecule has 100 valence electrons. The van der Waals surface area contributed by atoms with Gasteiger partial charge in [0.05, 0.1) is 5.56 Å². The molecular formula is C14H21NO3. The molecule has 0 radical (unpaired) electrons. The molecule has 4 nitrogen and oxygen atoms in total. The lowest BCUT2D eigenvalue weighted by atomic mass is 10.1. The van der Waals surface area contributed by atoms with Crippen LogP contribution < -0.4 is 4.74 Å². The third-order valence-corrected chi connectivity index (χ3v) is 2.89. The first-order valence-electron chi connectivity index (χ1n) is 6.19. The van der Waals surface area contributed by atoms with E-state index in [0.717, 1.165) is 12.1 Å². The zero-order valence-electron chi connectivity index (χ0n) is 11.7. The lowest BCUT2D eigenvalue weighted by molar-refractivity contribution is 0.0691. The topological polar surface area (TPSA) is 59.4 Å². The van der Waals surface area contributed by atoms with Gasteiger partial charge in [-0.3, -0.25) is 0 Å². The Bertz CT molecular complexity index is 439. The van der Waals surface area contributed by atoms with Gasteiger partial charge in [0.1, 0.15) is 5.60 Å². The Labute approximate surface area is 108 Å². The first-order chi connectivity index (χ1) is 8.25. The highest BCUT2D eigenvalue weighted by Gasteiger charge is 2.19. The minimum Gasteiger partial charge on any atom is -0.478 e. The molecule has 0 bridgehead atoms. The summed E-state index contributed by atoms with van der Waals surface area (Å²) in [6.45, 7) is 9.88. The molecule has 4 heteroatoms. The number of carbonyl (C=O) groups is 1. The minimum atomic E-state index is -0.960. The number of aromatic carboxylic acids is 1. The molecule has 0 saturated heterocycles. The van der Waals surface area contributed by atoms with Crippen molar-refractivity contribution >= 4 is 5.97 Å². The molecule has 0 spiro atoms. The number of hydrogen-bond donors (Lipinski definition) is 1. The van der Waals surface area contributed by atoms with E-state index in [1.54, 1.807) is 6.07 Å². The highest BCUT2D eigenvalue weighted by molar-refractivity contribution is 5.88. The Kier molecular flexibility index (Phi) is 4.33. The second-order valence-electron chi connectivity index (χ2n) is 5.29. The summed E-state index contributed by atoms with van der Waals surface area (Å²) in [5, 5.41) is 9.09. The molecule has 0 atom stereocenters. The number of aromatic nitrogens is 1. The third-order valence-electron chi connectivity index (χ3n) is 2.89.